The fourth-order valence-electron chi connectivity index (χ4n) is 8.23. The van der Waals surface area contributed by atoms with Crippen LogP contribution in [0.2, 0.25) is 0 Å². The quantitative estimate of drug-likeness (QED) is 0.159. The lowest BCUT2D eigenvalue weighted by Crippen LogP contribution is -2.64. The molecule has 0 saturated carbocycles. The smallest absolute Gasteiger partial charge is 0.328 e. The van der Waals surface area contributed by atoms with Gasteiger partial charge in [-0.05, 0) is 298 Å². The predicted octanol–water partition coefficient (Wildman–Crippen LogP) is 15.2. The standard InChI is InChI=1S/C12H22N2O2.C12H26N2.C10H24N.C9H21N.C8H19O4P.C8H18O4S.C8H18O2S/c1-11(2,3)13-7-8-14(12(4,5)6)10(16)9(13)15;1-11(2,3)13-7-9-14(10-8-13)12(4,5)6;1-9(2,3)11(7,8)10(4,5)6;1-8(2,3)10(7)9(4,5)6;2*1-7(2,3)11-13(9,10)12-8(4,5)6;1-7(2,3)11(9,10)8(4,5)6/h7-8H2,1-6H3;7-10H2,1-6H3;1-8H3;1-7H3;1-6H3,(H,9,10);1-6H3;1-6H3/q;;+1;;;;. The number of carbonyl (C=O) groups is 2. The van der Waals surface area contributed by atoms with E-state index in [-0.39, 0.29) is 34.0 Å². The zero-order chi connectivity index (χ0) is 73.1. The number of carbonyl (C=O) groups excluding carboxylic acids is 2. The summed E-state index contributed by atoms with van der Waals surface area (Å²) in [6.07, 6.45) is 0. The second-order valence-electron chi connectivity index (χ2n) is 37.7. The van der Waals surface area contributed by atoms with Crippen molar-refractivity contribution in [2.75, 3.05) is 60.4 Å². The van der Waals surface area contributed by atoms with E-state index in [0.717, 1.165) is 4.48 Å². The molecule has 2 aliphatic heterocycles. The van der Waals surface area contributed by atoms with Crippen LogP contribution in [0.4, 0.5) is 0 Å². The average molecular weight is 1330 g/mol. The lowest BCUT2D eigenvalue weighted by atomic mass is 9.93. The minimum Gasteiger partial charge on any atom is -0.328 e. The van der Waals surface area contributed by atoms with Crippen molar-refractivity contribution < 1.29 is 57.8 Å². The first-order valence-electron chi connectivity index (χ1n) is 31.6. The van der Waals surface area contributed by atoms with Gasteiger partial charge in [0.25, 0.3) is 0 Å². The van der Waals surface area contributed by atoms with Gasteiger partial charge >= 0.3 is 30.0 Å². The van der Waals surface area contributed by atoms with Crippen molar-refractivity contribution in [3.63, 3.8) is 0 Å². The summed E-state index contributed by atoms with van der Waals surface area (Å²) in [5.74, 6) is -0.762. The van der Waals surface area contributed by atoms with Crippen LogP contribution < -0.4 is 0 Å². The summed E-state index contributed by atoms with van der Waals surface area (Å²) in [7, 11) is -4.10. The van der Waals surface area contributed by atoms with Crippen LogP contribution >= 0.6 is 7.82 Å². The van der Waals surface area contributed by atoms with E-state index >= 15 is 0 Å². The van der Waals surface area contributed by atoms with Crippen LogP contribution in [0.15, 0.2) is 0 Å². The molecule has 0 aliphatic carbocycles. The zero-order valence-electron chi connectivity index (χ0n) is 66.1. The second-order valence-corrected chi connectivity index (χ2v) is 43.6. The van der Waals surface area contributed by atoms with E-state index in [9.17, 15) is 35.9 Å². The fraction of sp³-hybridized carbons (Fsp3) is 0.970. The summed E-state index contributed by atoms with van der Waals surface area (Å²) in [6, 6.07) is 0. The van der Waals surface area contributed by atoms with Crippen molar-refractivity contribution in [3.8, 4) is 0 Å². The Bertz CT molecular complexity index is 2210. The van der Waals surface area contributed by atoms with Crippen molar-refractivity contribution in [3.05, 3.63) is 0 Å². The van der Waals surface area contributed by atoms with Crippen molar-refractivity contribution in [2.24, 2.45) is 0 Å². The van der Waals surface area contributed by atoms with Crippen LogP contribution in [0.5, 0.6) is 0 Å². The van der Waals surface area contributed by atoms with E-state index < -0.39 is 60.0 Å². The summed E-state index contributed by atoms with van der Waals surface area (Å²) in [5, 5.41) is 0. The van der Waals surface area contributed by atoms with Gasteiger partial charge in [-0.2, -0.15) is 8.42 Å². The number of rotatable bonds is 4. The minimum atomic E-state index is -3.94. The first kappa shape index (κ1) is 95.4. The van der Waals surface area contributed by atoms with Crippen LogP contribution in [0.1, 0.15) is 291 Å². The number of hydrogen-bond donors (Lipinski definition) is 1. The van der Waals surface area contributed by atoms with Crippen LogP contribution in [-0.2, 0) is 51.8 Å². The van der Waals surface area contributed by atoms with Gasteiger partial charge in [-0.3, -0.25) is 33.3 Å². The molecule has 0 aromatic heterocycles. The van der Waals surface area contributed by atoms with E-state index in [4.69, 9.17) is 17.4 Å². The topological polar surface area (TPSA) is 193 Å². The summed E-state index contributed by atoms with van der Waals surface area (Å²) >= 11 is 0. The maximum absolute atomic E-state index is 12.0. The molecule has 2 fully saturated rings. The molecule has 534 valence electrons. The first-order chi connectivity index (χ1) is 37.2. The molecule has 0 spiro atoms. The number of hydrogen-bond acceptors (Lipinski definition) is 14. The third-order valence-corrected chi connectivity index (χ3v) is 20.7. The van der Waals surface area contributed by atoms with Crippen LogP contribution in [0.25, 0.3) is 0 Å². The molecule has 0 bridgehead atoms. The highest BCUT2D eigenvalue weighted by atomic mass is 32.3. The maximum Gasteiger partial charge on any atom is 0.473 e. The van der Waals surface area contributed by atoms with Gasteiger partial charge in [-0.25, -0.2) is 21.3 Å². The Morgan fingerprint density at radius 1 is 0.398 bits per heavy atom. The maximum atomic E-state index is 12.0. The number of amides is 2. The average Bonchev–Trinajstić information content (AvgIpc) is 3.15. The molecule has 21 heteroatoms. The van der Waals surface area contributed by atoms with Crippen molar-refractivity contribution in [1.29, 1.82) is 0 Å². The molecule has 0 atom stereocenters. The lowest BCUT2D eigenvalue weighted by molar-refractivity contribution is -0.977. The van der Waals surface area contributed by atoms with E-state index in [2.05, 4.69) is 160 Å². The number of quaternary nitrogens is 1. The highest BCUT2D eigenvalue weighted by Crippen LogP contribution is 2.50. The third-order valence-electron chi connectivity index (χ3n) is 14.5. The summed E-state index contributed by atoms with van der Waals surface area (Å²) in [5.41, 5.74) is -1.59. The second kappa shape index (κ2) is 32.4. The van der Waals surface area contributed by atoms with Crippen molar-refractivity contribution >= 4 is 39.9 Å². The van der Waals surface area contributed by atoms with E-state index in [1.54, 1.807) is 134 Å². The Balaban J connectivity index is -0.000000306. The molecular weight excluding hydrogens is 1180 g/mol. The summed E-state index contributed by atoms with van der Waals surface area (Å²) in [4.78, 5) is 44.1. The molecule has 2 heterocycles. The molecule has 2 amide bonds. The molecule has 0 unspecified atom stereocenters. The van der Waals surface area contributed by atoms with Gasteiger partial charge in [0, 0.05) is 72.5 Å². The lowest BCUT2D eigenvalue weighted by Gasteiger charge is -2.51. The molecule has 2 saturated heterocycles. The molecule has 2 aliphatic rings. The van der Waals surface area contributed by atoms with Gasteiger partial charge in [-0.1, -0.05) is 0 Å². The Kier molecular flexibility index (Phi) is 35.2. The third kappa shape index (κ3) is 40.1. The first-order valence-corrected chi connectivity index (χ1v) is 35.9. The predicted molar refractivity (Wildman–Crippen MR) is 375 cm³/mol. The Hall–Kier alpha value is -1.29. The molecule has 0 aromatic carbocycles. The summed E-state index contributed by atoms with van der Waals surface area (Å²) < 4.78 is 76.2. The SMILES string of the molecule is CC(C)(C)N1CCN(C(C)(C)C)C(=O)C1=O.CC(C)(C)N1CCN(C(C)(C)C)CC1.CC(C)(C)OP(=O)(O)OC(C)(C)C.CC(C)(C)OS(=O)(=O)OC(C)(C)C.CC(C)(C)S(=O)(=O)C(C)(C)C.CC(C)(C)[N+](C)(C)C(C)(C)C.CN(C(C)(C)C)C(C)(C)C. The van der Waals surface area contributed by atoms with Crippen LogP contribution in [-0.4, -0.2) is 199 Å². The molecule has 0 aromatic rings. The van der Waals surface area contributed by atoms with Crippen LogP contribution in [0, 0.1) is 0 Å². The molecule has 18 nitrogen and oxygen atoms in total. The van der Waals surface area contributed by atoms with Crippen molar-refractivity contribution in [1.82, 2.24) is 24.5 Å². The normalized spacial score (nSPS) is 16.9. The highest BCUT2D eigenvalue weighted by Gasteiger charge is 2.44. The van der Waals surface area contributed by atoms with Crippen LogP contribution in [0.3, 0.4) is 0 Å². The number of nitrogens with zero attached hydrogens (tertiary/aromatic N) is 6. The fourth-order valence-corrected chi connectivity index (χ4v) is 12.8. The Morgan fingerprint density at radius 3 is 0.716 bits per heavy atom. The highest BCUT2D eigenvalue weighted by molar-refractivity contribution is 7.94. The minimum absolute atomic E-state index is 0.276. The molecule has 2 rings (SSSR count). The van der Waals surface area contributed by atoms with E-state index in [1.807, 2.05) is 41.5 Å². The van der Waals surface area contributed by atoms with Gasteiger partial charge < -0.3 is 19.2 Å². The number of piperazine rings is 2. The number of sulfone groups is 1. The molecule has 1 N–H and O–H groups in total. The Labute approximate surface area is 546 Å². The molecule has 0 radical (unpaired) electrons. The largest absolute Gasteiger partial charge is 0.473 e. The molecule has 88 heavy (non-hydrogen) atoms. The van der Waals surface area contributed by atoms with E-state index in [0.29, 0.717) is 35.2 Å². The Morgan fingerprint density at radius 2 is 0.614 bits per heavy atom. The van der Waals surface area contributed by atoms with Gasteiger partial charge in [0.2, 0.25) is 0 Å². The number of phosphoric ester groups is 1. The molecular formula is C67H148N6O12PS2+. The van der Waals surface area contributed by atoms with E-state index in [1.165, 1.54) is 26.2 Å². The van der Waals surface area contributed by atoms with Gasteiger partial charge in [-0.15, -0.1) is 0 Å². The van der Waals surface area contributed by atoms with Gasteiger partial charge in [0.05, 0.1) is 57.1 Å². The zero-order valence-corrected chi connectivity index (χ0v) is 68.7. The van der Waals surface area contributed by atoms with Gasteiger partial charge in [0.15, 0.2) is 9.84 Å². The van der Waals surface area contributed by atoms with Crippen molar-refractivity contribution in [2.45, 2.75) is 367 Å². The number of phosphoric acid groups is 1. The summed E-state index contributed by atoms with van der Waals surface area (Å²) in [6.45, 7) is 89.2. The monoisotopic (exact) mass is 1320 g/mol. The van der Waals surface area contributed by atoms with Gasteiger partial charge in [0.1, 0.15) is 0 Å².